The zero-order valence-corrected chi connectivity index (χ0v) is 13.3. The maximum absolute atomic E-state index is 13.0. The number of imide groups is 1. The van der Waals surface area contributed by atoms with Crippen LogP contribution in [-0.2, 0) is 22.3 Å². The number of thiazole rings is 1. The molecule has 3 rings (SSSR count). The van der Waals surface area contributed by atoms with E-state index in [9.17, 15) is 22.8 Å². The second-order valence-corrected chi connectivity index (χ2v) is 7.94. The number of aromatic nitrogens is 1. The van der Waals surface area contributed by atoms with Gasteiger partial charge in [-0.3, -0.25) is 14.5 Å². The lowest BCUT2D eigenvalue weighted by atomic mass is 9.86. The van der Waals surface area contributed by atoms with Crippen molar-refractivity contribution in [2.75, 3.05) is 11.5 Å². The molecule has 0 bridgehead atoms. The van der Waals surface area contributed by atoms with Gasteiger partial charge in [0.15, 0.2) is 5.69 Å². The lowest BCUT2D eigenvalue weighted by Crippen LogP contribution is -2.35. The van der Waals surface area contributed by atoms with E-state index in [4.69, 9.17) is 0 Å². The smallest absolute Gasteiger partial charge is 0.277 e. The molecule has 0 N–H and O–H groups in total. The zero-order valence-electron chi connectivity index (χ0n) is 11.7. The third kappa shape index (κ3) is 2.54. The zero-order chi connectivity index (χ0) is 16.1. The van der Waals surface area contributed by atoms with Gasteiger partial charge in [-0.25, -0.2) is 4.98 Å². The molecular weight excluding hydrogens is 337 g/mol. The lowest BCUT2D eigenvalue weighted by Gasteiger charge is -2.20. The molecule has 1 atom stereocenters. The number of carbonyl (C=O) groups is 2. The number of hydrogen-bond acceptors (Lipinski definition) is 5. The van der Waals surface area contributed by atoms with E-state index in [2.05, 4.69) is 4.98 Å². The van der Waals surface area contributed by atoms with Gasteiger partial charge in [0.25, 0.3) is 0 Å². The van der Waals surface area contributed by atoms with Crippen molar-refractivity contribution in [3.05, 3.63) is 15.6 Å². The SMILES string of the molecule is Cc1nc(C(F)(F)F)c(CN2C(=O)CC3(CCSC3)C2=O)s1. The number of aryl methyl sites for hydroxylation is 1. The van der Waals surface area contributed by atoms with Gasteiger partial charge in [0.1, 0.15) is 0 Å². The number of likely N-dealkylation sites (tertiary alicyclic amines) is 1. The monoisotopic (exact) mass is 350 g/mol. The molecular formula is C13H13F3N2O2S2. The summed E-state index contributed by atoms with van der Waals surface area (Å²) in [6.45, 7) is 1.15. The average Bonchev–Trinajstić information content (AvgIpc) is 3.06. The van der Waals surface area contributed by atoms with Gasteiger partial charge in [-0.05, 0) is 19.1 Å². The number of nitrogens with zero attached hydrogens (tertiary/aromatic N) is 2. The first kappa shape index (κ1) is 15.8. The summed E-state index contributed by atoms with van der Waals surface area (Å²) in [5.41, 5.74) is -1.68. The minimum Gasteiger partial charge on any atom is -0.277 e. The van der Waals surface area contributed by atoms with Crippen LogP contribution in [0.25, 0.3) is 0 Å². The Hall–Kier alpha value is -1.09. The highest BCUT2D eigenvalue weighted by molar-refractivity contribution is 7.99. The molecule has 0 radical (unpaired) electrons. The molecule has 0 saturated carbocycles. The molecule has 0 aliphatic carbocycles. The Kier molecular flexibility index (Phi) is 3.75. The highest BCUT2D eigenvalue weighted by Gasteiger charge is 2.53. The van der Waals surface area contributed by atoms with Crippen molar-refractivity contribution in [2.24, 2.45) is 5.41 Å². The Balaban J connectivity index is 1.88. The van der Waals surface area contributed by atoms with Crippen molar-refractivity contribution in [1.29, 1.82) is 0 Å². The van der Waals surface area contributed by atoms with Crippen LogP contribution in [0.2, 0.25) is 0 Å². The summed E-state index contributed by atoms with van der Waals surface area (Å²) in [5.74, 6) is 0.663. The van der Waals surface area contributed by atoms with E-state index in [1.54, 1.807) is 11.8 Å². The minimum atomic E-state index is -4.58. The third-order valence-corrected chi connectivity index (χ3v) is 6.17. The summed E-state index contributed by atoms with van der Waals surface area (Å²) in [4.78, 5) is 29.0. The predicted molar refractivity (Wildman–Crippen MR) is 76.4 cm³/mol. The topological polar surface area (TPSA) is 50.3 Å². The number of halogens is 3. The van der Waals surface area contributed by atoms with Crippen LogP contribution in [0.4, 0.5) is 13.2 Å². The van der Waals surface area contributed by atoms with Gasteiger partial charge >= 0.3 is 6.18 Å². The summed E-state index contributed by atoms with van der Waals surface area (Å²) >= 11 is 2.49. The molecule has 1 aromatic rings. The summed E-state index contributed by atoms with van der Waals surface area (Å²) in [6, 6.07) is 0. The van der Waals surface area contributed by atoms with Crippen molar-refractivity contribution in [3.8, 4) is 0 Å². The molecule has 1 unspecified atom stereocenters. The molecule has 4 nitrogen and oxygen atoms in total. The second kappa shape index (κ2) is 5.23. The highest BCUT2D eigenvalue weighted by atomic mass is 32.2. The predicted octanol–water partition coefficient (Wildman–Crippen LogP) is 2.85. The number of thioether (sulfide) groups is 1. The molecule has 1 aromatic heterocycles. The van der Waals surface area contributed by atoms with Crippen LogP contribution < -0.4 is 0 Å². The van der Waals surface area contributed by atoms with E-state index in [0.29, 0.717) is 12.2 Å². The number of alkyl halides is 3. The van der Waals surface area contributed by atoms with E-state index in [-0.39, 0.29) is 34.7 Å². The maximum atomic E-state index is 13.0. The molecule has 120 valence electrons. The van der Waals surface area contributed by atoms with Crippen LogP contribution >= 0.6 is 23.1 Å². The molecule has 2 saturated heterocycles. The Bertz CT molecular complexity index is 636. The summed E-state index contributed by atoms with van der Waals surface area (Å²) < 4.78 is 38.9. The van der Waals surface area contributed by atoms with Crippen LogP contribution in [0.5, 0.6) is 0 Å². The molecule has 2 fully saturated rings. The quantitative estimate of drug-likeness (QED) is 0.770. The van der Waals surface area contributed by atoms with E-state index < -0.39 is 17.3 Å². The molecule has 1 spiro atoms. The molecule has 22 heavy (non-hydrogen) atoms. The van der Waals surface area contributed by atoms with Gasteiger partial charge in [0.2, 0.25) is 11.8 Å². The van der Waals surface area contributed by atoms with Crippen molar-refractivity contribution in [1.82, 2.24) is 9.88 Å². The van der Waals surface area contributed by atoms with Gasteiger partial charge in [-0.2, -0.15) is 24.9 Å². The normalized spacial score (nSPS) is 25.7. The van der Waals surface area contributed by atoms with Crippen LogP contribution in [0, 0.1) is 12.3 Å². The summed E-state index contributed by atoms with van der Waals surface area (Å²) in [7, 11) is 0. The number of carbonyl (C=O) groups excluding carboxylic acids is 2. The van der Waals surface area contributed by atoms with Crippen LogP contribution in [-0.4, -0.2) is 33.2 Å². The Morgan fingerprint density at radius 2 is 2.09 bits per heavy atom. The lowest BCUT2D eigenvalue weighted by molar-refractivity contribution is -0.145. The molecule has 2 aliphatic rings. The van der Waals surface area contributed by atoms with Crippen LogP contribution in [0.15, 0.2) is 0 Å². The first-order valence-corrected chi connectivity index (χ1v) is 8.66. The Labute approximate surface area is 133 Å². The van der Waals surface area contributed by atoms with Crippen molar-refractivity contribution in [2.45, 2.75) is 32.5 Å². The number of rotatable bonds is 2. The van der Waals surface area contributed by atoms with Crippen LogP contribution in [0.1, 0.15) is 28.4 Å². The fourth-order valence-corrected chi connectivity index (χ4v) is 5.26. The molecule has 3 heterocycles. The molecule has 9 heteroatoms. The van der Waals surface area contributed by atoms with Gasteiger partial charge in [0, 0.05) is 12.2 Å². The fourth-order valence-electron chi connectivity index (χ4n) is 2.88. The van der Waals surface area contributed by atoms with Gasteiger partial charge in [0.05, 0.1) is 21.8 Å². The first-order valence-electron chi connectivity index (χ1n) is 6.69. The average molecular weight is 350 g/mol. The van der Waals surface area contributed by atoms with E-state index in [0.717, 1.165) is 22.0 Å². The Morgan fingerprint density at radius 1 is 1.36 bits per heavy atom. The molecule has 2 amide bonds. The second-order valence-electron chi connectivity index (χ2n) is 5.55. The summed E-state index contributed by atoms with van der Waals surface area (Å²) in [5, 5.41) is 0.271. The fraction of sp³-hybridized carbons (Fsp3) is 0.615. The number of amides is 2. The van der Waals surface area contributed by atoms with Gasteiger partial charge < -0.3 is 0 Å². The standard InChI is InChI=1S/C13H13F3N2O2S2/c1-7-17-10(13(14,15)16)8(22-7)5-18-9(19)4-12(11(18)20)2-3-21-6-12/h2-6H2,1H3. The van der Waals surface area contributed by atoms with Crippen molar-refractivity contribution in [3.63, 3.8) is 0 Å². The van der Waals surface area contributed by atoms with Gasteiger partial charge in [-0.15, -0.1) is 11.3 Å². The third-order valence-electron chi connectivity index (χ3n) is 3.97. The highest BCUT2D eigenvalue weighted by Crippen LogP contribution is 2.46. The Morgan fingerprint density at radius 3 is 2.68 bits per heavy atom. The van der Waals surface area contributed by atoms with Crippen molar-refractivity contribution >= 4 is 34.9 Å². The molecule has 0 aromatic carbocycles. The largest absolute Gasteiger partial charge is 0.434 e. The number of hydrogen-bond donors (Lipinski definition) is 0. The van der Waals surface area contributed by atoms with Crippen molar-refractivity contribution < 1.29 is 22.8 Å². The maximum Gasteiger partial charge on any atom is 0.434 e. The first-order chi connectivity index (χ1) is 10.2. The van der Waals surface area contributed by atoms with Crippen LogP contribution in [0.3, 0.4) is 0 Å². The molecule has 2 aliphatic heterocycles. The van der Waals surface area contributed by atoms with Gasteiger partial charge in [-0.1, -0.05) is 0 Å². The minimum absolute atomic E-state index is 0.0746. The van der Waals surface area contributed by atoms with E-state index in [1.807, 2.05) is 0 Å². The van der Waals surface area contributed by atoms with E-state index in [1.165, 1.54) is 6.92 Å². The summed E-state index contributed by atoms with van der Waals surface area (Å²) in [6.07, 6.45) is -3.85. The van der Waals surface area contributed by atoms with E-state index >= 15 is 0 Å².